The molecule has 0 unspecified atom stereocenters. The molecule has 1 heterocycles. The van der Waals surface area contributed by atoms with E-state index in [-0.39, 0.29) is 18.6 Å². The quantitative estimate of drug-likeness (QED) is 0.921. The highest BCUT2D eigenvalue weighted by Crippen LogP contribution is 2.22. The van der Waals surface area contributed by atoms with E-state index >= 15 is 0 Å². The largest absolute Gasteiger partial charge is 0.489 e. The van der Waals surface area contributed by atoms with Gasteiger partial charge in [0, 0.05) is 6.04 Å². The monoisotopic (exact) mass is 300 g/mol. The Morgan fingerprint density at radius 2 is 1.95 bits per heavy atom. The number of amides is 1. The van der Waals surface area contributed by atoms with Gasteiger partial charge in [0.05, 0.1) is 5.56 Å². The van der Waals surface area contributed by atoms with Crippen molar-refractivity contribution < 1.29 is 14.1 Å². The Hall–Kier alpha value is -2.30. The van der Waals surface area contributed by atoms with Crippen molar-refractivity contribution in [2.75, 3.05) is 0 Å². The number of rotatable bonds is 5. The summed E-state index contributed by atoms with van der Waals surface area (Å²) < 4.78 is 11.0. The first kappa shape index (κ1) is 14.6. The lowest BCUT2D eigenvalue weighted by atomic mass is 10.1. The Bertz CT molecular complexity index is 682. The Kier molecular flexibility index (Phi) is 3.88. The fraction of sp³-hybridized carbons (Fsp3) is 0.412. The summed E-state index contributed by atoms with van der Waals surface area (Å²) in [5.74, 6) is 1.22. The molecule has 1 amide bonds. The lowest BCUT2D eigenvalue weighted by molar-refractivity contribution is 0.0940. The molecule has 116 valence electrons. The van der Waals surface area contributed by atoms with Gasteiger partial charge in [-0.2, -0.15) is 0 Å². The van der Waals surface area contributed by atoms with Crippen LogP contribution in [0.3, 0.4) is 0 Å². The SMILES string of the molecule is Cc1cc(C)cc(OCc2c(C(=O)NC3CC3)noc2C)c1. The van der Waals surface area contributed by atoms with Gasteiger partial charge in [0.15, 0.2) is 5.69 Å². The lowest BCUT2D eigenvalue weighted by Crippen LogP contribution is -2.26. The zero-order chi connectivity index (χ0) is 15.7. The van der Waals surface area contributed by atoms with E-state index in [0.717, 1.165) is 29.7 Å². The van der Waals surface area contributed by atoms with Crippen LogP contribution in [0.25, 0.3) is 0 Å². The highest BCUT2D eigenvalue weighted by Gasteiger charge is 2.27. The van der Waals surface area contributed by atoms with E-state index in [9.17, 15) is 4.79 Å². The van der Waals surface area contributed by atoms with Gasteiger partial charge in [0.2, 0.25) is 0 Å². The van der Waals surface area contributed by atoms with E-state index in [4.69, 9.17) is 9.26 Å². The zero-order valence-electron chi connectivity index (χ0n) is 13.1. The van der Waals surface area contributed by atoms with Gasteiger partial charge in [-0.1, -0.05) is 11.2 Å². The molecule has 5 nitrogen and oxygen atoms in total. The number of nitrogens with zero attached hydrogens (tertiary/aromatic N) is 1. The molecule has 1 aromatic carbocycles. The minimum Gasteiger partial charge on any atom is -0.489 e. The highest BCUT2D eigenvalue weighted by molar-refractivity contribution is 5.94. The van der Waals surface area contributed by atoms with Gasteiger partial charge in [0.25, 0.3) is 5.91 Å². The molecule has 1 aromatic heterocycles. The summed E-state index contributed by atoms with van der Waals surface area (Å²) in [7, 11) is 0. The first-order chi connectivity index (χ1) is 10.5. The summed E-state index contributed by atoms with van der Waals surface area (Å²) in [5, 5.41) is 6.80. The third-order valence-electron chi connectivity index (χ3n) is 3.69. The van der Waals surface area contributed by atoms with Gasteiger partial charge in [-0.25, -0.2) is 0 Å². The summed E-state index contributed by atoms with van der Waals surface area (Å²) in [6, 6.07) is 6.32. The molecule has 0 radical (unpaired) electrons. The number of nitrogens with one attached hydrogen (secondary N) is 1. The molecule has 1 fully saturated rings. The Morgan fingerprint density at radius 3 is 2.59 bits per heavy atom. The molecule has 1 saturated carbocycles. The molecule has 2 aromatic rings. The van der Waals surface area contributed by atoms with E-state index in [1.54, 1.807) is 6.92 Å². The van der Waals surface area contributed by atoms with Crippen LogP contribution < -0.4 is 10.1 Å². The molecule has 1 aliphatic rings. The molecule has 0 bridgehead atoms. The molecule has 0 atom stereocenters. The van der Waals surface area contributed by atoms with Crippen molar-refractivity contribution in [2.45, 2.75) is 46.3 Å². The van der Waals surface area contributed by atoms with E-state index in [1.807, 2.05) is 26.0 Å². The number of carbonyl (C=O) groups excluding carboxylic acids is 1. The van der Waals surface area contributed by atoms with E-state index in [0.29, 0.717) is 17.0 Å². The molecule has 0 saturated heterocycles. The van der Waals surface area contributed by atoms with Crippen molar-refractivity contribution in [1.29, 1.82) is 0 Å². The third kappa shape index (κ3) is 3.30. The smallest absolute Gasteiger partial charge is 0.274 e. The number of hydrogen-bond acceptors (Lipinski definition) is 4. The predicted octanol–water partition coefficient (Wildman–Crippen LogP) is 3.07. The minimum atomic E-state index is -0.182. The average molecular weight is 300 g/mol. The van der Waals surface area contributed by atoms with Crippen LogP contribution in [0.1, 0.15) is 45.8 Å². The summed E-state index contributed by atoms with van der Waals surface area (Å²) in [6.07, 6.45) is 2.08. The van der Waals surface area contributed by atoms with Gasteiger partial charge in [-0.15, -0.1) is 0 Å². The van der Waals surface area contributed by atoms with Crippen molar-refractivity contribution in [3.05, 3.63) is 46.3 Å². The number of aryl methyl sites for hydroxylation is 3. The minimum absolute atomic E-state index is 0.182. The molecule has 0 aliphatic heterocycles. The van der Waals surface area contributed by atoms with Gasteiger partial charge < -0.3 is 14.6 Å². The van der Waals surface area contributed by atoms with Gasteiger partial charge in [0.1, 0.15) is 18.1 Å². The molecule has 1 N–H and O–H groups in total. The first-order valence-corrected chi connectivity index (χ1v) is 7.50. The van der Waals surface area contributed by atoms with Crippen molar-refractivity contribution in [3.8, 4) is 5.75 Å². The fourth-order valence-electron chi connectivity index (χ4n) is 2.39. The van der Waals surface area contributed by atoms with Crippen LogP contribution in [0.15, 0.2) is 22.7 Å². The molecule has 3 rings (SSSR count). The number of aromatic nitrogens is 1. The first-order valence-electron chi connectivity index (χ1n) is 7.50. The molecule has 1 aliphatic carbocycles. The summed E-state index contributed by atoms with van der Waals surface area (Å²) in [4.78, 5) is 12.2. The second kappa shape index (κ2) is 5.83. The van der Waals surface area contributed by atoms with Crippen molar-refractivity contribution in [3.63, 3.8) is 0 Å². The molecule has 22 heavy (non-hydrogen) atoms. The van der Waals surface area contributed by atoms with E-state index < -0.39 is 0 Å². The third-order valence-corrected chi connectivity index (χ3v) is 3.69. The van der Waals surface area contributed by atoms with Crippen LogP contribution in [0.4, 0.5) is 0 Å². The molecule has 5 heteroatoms. The number of carbonyl (C=O) groups is 1. The maximum atomic E-state index is 12.2. The van der Waals surface area contributed by atoms with Crippen LogP contribution in [0.2, 0.25) is 0 Å². The van der Waals surface area contributed by atoms with E-state index in [1.165, 1.54) is 0 Å². The summed E-state index contributed by atoms with van der Waals surface area (Å²) in [6.45, 7) is 6.12. The van der Waals surface area contributed by atoms with Crippen LogP contribution >= 0.6 is 0 Å². The van der Waals surface area contributed by atoms with Crippen molar-refractivity contribution >= 4 is 5.91 Å². The predicted molar refractivity (Wildman–Crippen MR) is 82.0 cm³/mol. The van der Waals surface area contributed by atoms with Crippen LogP contribution in [0.5, 0.6) is 5.75 Å². The summed E-state index contributed by atoms with van der Waals surface area (Å²) in [5.41, 5.74) is 3.32. The molecule has 0 spiro atoms. The summed E-state index contributed by atoms with van der Waals surface area (Å²) >= 11 is 0. The van der Waals surface area contributed by atoms with Crippen molar-refractivity contribution in [2.24, 2.45) is 0 Å². The Labute approximate surface area is 129 Å². The maximum Gasteiger partial charge on any atom is 0.274 e. The second-order valence-corrected chi connectivity index (χ2v) is 5.93. The fourth-order valence-corrected chi connectivity index (χ4v) is 2.39. The van der Waals surface area contributed by atoms with Gasteiger partial charge in [-0.3, -0.25) is 4.79 Å². The van der Waals surface area contributed by atoms with Crippen LogP contribution in [0, 0.1) is 20.8 Å². The Morgan fingerprint density at radius 1 is 1.27 bits per heavy atom. The average Bonchev–Trinajstić information content (AvgIpc) is 3.17. The van der Waals surface area contributed by atoms with Crippen LogP contribution in [-0.2, 0) is 6.61 Å². The van der Waals surface area contributed by atoms with Crippen molar-refractivity contribution in [1.82, 2.24) is 10.5 Å². The van der Waals surface area contributed by atoms with Gasteiger partial charge in [-0.05, 0) is 56.9 Å². The topological polar surface area (TPSA) is 64.4 Å². The number of ether oxygens (including phenoxy) is 1. The normalized spacial score (nSPS) is 14.0. The number of hydrogen-bond donors (Lipinski definition) is 1. The molecular formula is C17H20N2O3. The van der Waals surface area contributed by atoms with Crippen LogP contribution in [-0.4, -0.2) is 17.1 Å². The molecular weight excluding hydrogens is 280 g/mol. The Balaban J connectivity index is 1.74. The zero-order valence-corrected chi connectivity index (χ0v) is 13.1. The number of benzene rings is 1. The maximum absolute atomic E-state index is 12.2. The standard InChI is InChI=1S/C17H20N2O3/c1-10-6-11(2)8-14(7-10)21-9-15-12(3)22-19-16(15)17(20)18-13-4-5-13/h6-8,13H,4-5,9H2,1-3H3,(H,18,20). The van der Waals surface area contributed by atoms with E-state index in [2.05, 4.69) is 16.5 Å². The van der Waals surface area contributed by atoms with Gasteiger partial charge >= 0.3 is 0 Å². The second-order valence-electron chi connectivity index (χ2n) is 5.93. The highest BCUT2D eigenvalue weighted by atomic mass is 16.5. The lowest BCUT2D eigenvalue weighted by Gasteiger charge is -2.08.